The van der Waals surface area contributed by atoms with Crippen molar-refractivity contribution in [3.05, 3.63) is 0 Å². The maximum atomic E-state index is 9.34. The summed E-state index contributed by atoms with van der Waals surface area (Å²) in [5.74, 6) is -0.690. The van der Waals surface area contributed by atoms with Crippen molar-refractivity contribution in [3.63, 3.8) is 0 Å². The third kappa shape index (κ3) is 6.79. The molecule has 6 heteroatoms. The van der Waals surface area contributed by atoms with Gasteiger partial charge >= 0.3 is 5.97 Å². The third-order valence-corrected chi connectivity index (χ3v) is 1.88. The maximum Gasteiger partial charge on any atom is 0.339 e. The van der Waals surface area contributed by atoms with E-state index in [9.17, 15) is 4.79 Å². The summed E-state index contributed by atoms with van der Waals surface area (Å²) >= 11 is 0. The Balaban J connectivity index is 0. The molecule has 0 spiro atoms. The Morgan fingerprint density at radius 1 is 1.21 bits per heavy atom. The van der Waals surface area contributed by atoms with E-state index in [1.165, 1.54) is 0 Å². The van der Waals surface area contributed by atoms with E-state index in [4.69, 9.17) is 20.6 Å². The Morgan fingerprint density at radius 3 is 1.50 bits per heavy atom. The molecule has 0 aromatic rings. The molecule has 0 amide bonds. The first-order valence-corrected chi connectivity index (χ1v) is 4.16. The molecule has 0 aliphatic heterocycles. The smallest absolute Gasteiger partial charge is 0.339 e. The maximum absolute atomic E-state index is 9.34. The molecule has 0 bridgehead atoms. The van der Waals surface area contributed by atoms with Crippen molar-refractivity contribution in [2.24, 2.45) is 5.41 Å². The van der Waals surface area contributed by atoms with Gasteiger partial charge in [0, 0.05) is 12.3 Å². The quantitative estimate of drug-likeness (QED) is 0.364. The summed E-state index contributed by atoms with van der Waals surface area (Å²) in [4.78, 5) is 12.5. The fourth-order valence-electron chi connectivity index (χ4n) is 0.485. The number of aliphatic hydroxyl groups is 3. The minimum absolute atomic E-state index is 0.156. The molecule has 0 radical (unpaired) electrons. The van der Waals surface area contributed by atoms with Crippen LogP contribution in [0.15, 0.2) is 0 Å². The summed E-state index contributed by atoms with van der Waals surface area (Å²) in [7, 11) is 0. The van der Waals surface area contributed by atoms with Crippen LogP contribution in [0.25, 0.3) is 0 Å². The molecule has 14 heavy (non-hydrogen) atoms. The van der Waals surface area contributed by atoms with Crippen LogP contribution in [0.2, 0.25) is 0 Å². The summed E-state index contributed by atoms with van der Waals surface area (Å²) in [6.07, 6.45) is 0.594. The SMILES string of the molecule is CC(=O)OO.CCC(CO)(CO)CO. The van der Waals surface area contributed by atoms with Crippen molar-refractivity contribution in [2.45, 2.75) is 20.3 Å². The second-order valence-electron chi connectivity index (χ2n) is 2.91. The molecule has 0 fully saturated rings. The second-order valence-corrected chi connectivity index (χ2v) is 2.91. The lowest BCUT2D eigenvalue weighted by molar-refractivity contribution is -0.231. The van der Waals surface area contributed by atoms with E-state index >= 15 is 0 Å². The summed E-state index contributed by atoms with van der Waals surface area (Å²) in [6.45, 7) is 2.46. The Morgan fingerprint density at radius 2 is 1.50 bits per heavy atom. The minimum atomic E-state index is -0.690. The molecule has 0 unspecified atom stereocenters. The Bertz CT molecular complexity index is 125. The van der Waals surface area contributed by atoms with E-state index in [2.05, 4.69) is 4.89 Å². The molecule has 0 saturated heterocycles. The van der Waals surface area contributed by atoms with E-state index in [1.807, 2.05) is 6.92 Å². The van der Waals surface area contributed by atoms with Gasteiger partial charge in [-0.15, -0.1) is 0 Å². The topological polar surface area (TPSA) is 107 Å². The van der Waals surface area contributed by atoms with Crippen LogP contribution < -0.4 is 0 Å². The normalized spacial score (nSPS) is 10.1. The van der Waals surface area contributed by atoms with Gasteiger partial charge in [0.05, 0.1) is 19.8 Å². The molecule has 0 saturated carbocycles. The van der Waals surface area contributed by atoms with Gasteiger partial charge < -0.3 is 20.2 Å². The zero-order valence-corrected chi connectivity index (χ0v) is 8.43. The average molecular weight is 210 g/mol. The first-order chi connectivity index (χ1) is 6.51. The van der Waals surface area contributed by atoms with Crippen molar-refractivity contribution in [2.75, 3.05) is 19.8 Å². The molecule has 0 heterocycles. The van der Waals surface area contributed by atoms with Crippen molar-refractivity contribution in [3.8, 4) is 0 Å². The number of hydrogen-bond acceptors (Lipinski definition) is 6. The fraction of sp³-hybridized carbons (Fsp3) is 0.875. The molecule has 0 aromatic carbocycles. The average Bonchev–Trinajstić information content (AvgIpc) is 2.23. The first-order valence-electron chi connectivity index (χ1n) is 4.16. The van der Waals surface area contributed by atoms with E-state index in [0.717, 1.165) is 6.92 Å². The van der Waals surface area contributed by atoms with Crippen LogP contribution in [0.3, 0.4) is 0 Å². The molecule has 4 N–H and O–H groups in total. The Labute approximate surface area is 82.7 Å². The van der Waals surface area contributed by atoms with Gasteiger partial charge in [-0.2, -0.15) is 5.26 Å². The predicted molar refractivity (Wildman–Crippen MR) is 48.4 cm³/mol. The lowest BCUT2D eigenvalue weighted by Crippen LogP contribution is -2.32. The molecule has 0 aliphatic rings. The number of aliphatic hydroxyl groups excluding tert-OH is 3. The van der Waals surface area contributed by atoms with Gasteiger partial charge in [-0.3, -0.25) is 0 Å². The van der Waals surface area contributed by atoms with Crippen molar-refractivity contribution in [1.29, 1.82) is 0 Å². The van der Waals surface area contributed by atoms with Gasteiger partial charge in [-0.05, 0) is 6.42 Å². The van der Waals surface area contributed by atoms with Crippen LogP contribution in [0, 0.1) is 5.41 Å². The van der Waals surface area contributed by atoms with Crippen LogP contribution in [0.1, 0.15) is 20.3 Å². The number of rotatable bonds is 4. The van der Waals surface area contributed by atoms with Crippen LogP contribution >= 0.6 is 0 Å². The molecular formula is C8H18O6. The van der Waals surface area contributed by atoms with Gasteiger partial charge in [0.1, 0.15) is 0 Å². The van der Waals surface area contributed by atoms with Gasteiger partial charge in [-0.25, -0.2) is 4.79 Å². The summed E-state index contributed by atoms with van der Waals surface area (Å²) in [5, 5.41) is 33.3. The highest BCUT2D eigenvalue weighted by Crippen LogP contribution is 2.18. The molecule has 6 nitrogen and oxygen atoms in total. The lowest BCUT2D eigenvalue weighted by atomic mass is 9.88. The standard InChI is InChI=1S/C6H14O3.C2H4O3/c1-2-6(3-7,4-8)5-9;1-2(3)5-4/h7-9H,2-5H2,1H3;4H,1H3. The van der Waals surface area contributed by atoms with Crippen LogP contribution in [0.5, 0.6) is 0 Å². The predicted octanol–water partition coefficient (Wildman–Crippen LogP) is -0.618. The van der Waals surface area contributed by atoms with E-state index in [0.29, 0.717) is 6.42 Å². The monoisotopic (exact) mass is 210 g/mol. The van der Waals surface area contributed by atoms with E-state index < -0.39 is 11.4 Å². The minimum Gasteiger partial charge on any atom is -0.396 e. The molecule has 0 aromatic heterocycles. The van der Waals surface area contributed by atoms with E-state index in [1.54, 1.807) is 0 Å². The van der Waals surface area contributed by atoms with Crippen molar-refractivity contribution >= 4 is 5.97 Å². The zero-order chi connectivity index (χ0) is 11.6. The largest absolute Gasteiger partial charge is 0.396 e. The lowest BCUT2D eigenvalue weighted by Gasteiger charge is -2.24. The summed E-state index contributed by atoms with van der Waals surface area (Å²) < 4.78 is 0. The highest BCUT2D eigenvalue weighted by Gasteiger charge is 2.24. The van der Waals surface area contributed by atoms with Gasteiger partial charge in [0.25, 0.3) is 0 Å². The Hall–Kier alpha value is -0.690. The summed E-state index contributed by atoms with van der Waals surface area (Å²) in [5.41, 5.74) is -0.667. The number of carbonyl (C=O) groups is 1. The molecular weight excluding hydrogens is 192 g/mol. The van der Waals surface area contributed by atoms with Crippen LogP contribution in [-0.4, -0.2) is 46.4 Å². The van der Waals surface area contributed by atoms with E-state index in [-0.39, 0.29) is 19.8 Å². The van der Waals surface area contributed by atoms with Crippen LogP contribution in [-0.2, 0) is 9.68 Å². The summed E-state index contributed by atoms with van der Waals surface area (Å²) in [6, 6.07) is 0. The van der Waals surface area contributed by atoms with Crippen molar-refractivity contribution in [1.82, 2.24) is 0 Å². The highest BCUT2D eigenvalue weighted by molar-refractivity contribution is 5.64. The van der Waals surface area contributed by atoms with Gasteiger partial charge in [0.2, 0.25) is 0 Å². The van der Waals surface area contributed by atoms with Gasteiger partial charge in [0.15, 0.2) is 0 Å². The first kappa shape index (κ1) is 15.8. The van der Waals surface area contributed by atoms with Crippen molar-refractivity contribution < 1.29 is 30.3 Å². The molecule has 0 rings (SSSR count). The molecule has 86 valence electrons. The fourth-order valence-corrected chi connectivity index (χ4v) is 0.485. The number of carbonyl (C=O) groups excluding carboxylic acids is 1. The molecule has 0 aliphatic carbocycles. The Kier molecular flexibility index (Phi) is 10.0. The second kappa shape index (κ2) is 8.89. The third-order valence-electron chi connectivity index (χ3n) is 1.88. The van der Waals surface area contributed by atoms with Crippen LogP contribution in [0.4, 0.5) is 0 Å². The zero-order valence-electron chi connectivity index (χ0n) is 8.43. The number of hydrogen-bond donors (Lipinski definition) is 4. The van der Waals surface area contributed by atoms with Gasteiger partial charge in [-0.1, -0.05) is 6.92 Å². The highest BCUT2D eigenvalue weighted by atomic mass is 17.1. The molecule has 0 atom stereocenters.